The Morgan fingerprint density at radius 2 is 1.63 bits per heavy atom. The third-order valence-corrected chi connectivity index (χ3v) is 4.97. The van der Waals surface area contributed by atoms with Crippen LogP contribution in [0.2, 0.25) is 0 Å². The average Bonchev–Trinajstić information content (AvgIpc) is 3.25. The van der Waals surface area contributed by atoms with Gasteiger partial charge in [0.05, 0.1) is 6.04 Å². The van der Waals surface area contributed by atoms with Gasteiger partial charge in [0.2, 0.25) is 0 Å². The van der Waals surface area contributed by atoms with Gasteiger partial charge in [-0.1, -0.05) is 78.0 Å². The van der Waals surface area contributed by atoms with E-state index in [-0.39, 0.29) is 6.04 Å². The fraction of sp³-hybridized carbons (Fsp3) is 0.286. The van der Waals surface area contributed by atoms with Crippen LogP contribution in [0, 0.1) is 0 Å². The number of aromatic nitrogens is 4. The molecular formula is C21H24N6. The van der Waals surface area contributed by atoms with Crippen LogP contribution in [0.25, 0.3) is 6.08 Å². The second-order valence-corrected chi connectivity index (χ2v) is 6.73. The number of benzene rings is 2. The molecule has 6 heteroatoms. The molecule has 0 bridgehead atoms. The van der Waals surface area contributed by atoms with E-state index < -0.39 is 0 Å². The third-order valence-electron chi connectivity index (χ3n) is 4.97. The topological polar surface area (TPSA) is 60.9 Å². The highest BCUT2D eigenvalue weighted by Gasteiger charge is 2.28. The summed E-state index contributed by atoms with van der Waals surface area (Å²) in [7, 11) is 0. The molecule has 0 radical (unpaired) electrons. The van der Waals surface area contributed by atoms with Gasteiger partial charge in [-0.15, -0.1) is 10.2 Å². The van der Waals surface area contributed by atoms with Gasteiger partial charge >= 0.3 is 0 Å². The van der Waals surface area contributed by atoms with Gasteiger partial charge < -0.3 is 0 Å². The highest BCUT2D eigenvalue weighted by Crippen LogP contribution is 2.26. The van der Waals surface area contributed by atoms with Crippen LogP contribution in [-0.4, -0.2) is 63.1 Å². The van der Waals surface area contributed by atoms with Crippen molar-refractivity contribution in [3.63, 3.8) is 0 Å². The molecule has 0 amide bonds. The van der Waals surface area contributed by atoms with Crippen molar-refractivity contribution in [3.8, 4) is 0 Å². The fourth-order valence-corrected chi connectivity index (χ4v) is 3.55. The van der Waals surface area contributed by atoms with Crippen LogP contribution in [0.5, 0.6) is 0 Å². The second kappa shape index (κ2) is 8.70. The number of tetrazole rings is 1. The van der Waals surface area contributed by atoms with Gasteiger partial charge in [0.15, 0.2) is 5.82 Å². The smallest absolute Gasteiger partial charge is 0.196 e. The summed E-state index contributed by atoms with van der Waals surface area (Å²) in [5.74, 6) is 0.735. The highest BCUT2D eigenvalue weighted by molar-refractivity contribution is 5.48. The van der Waals surface area contributed by atoms with Crippen molar-refractivity contribution < 1.29 is 0 Å². The molecule has 3 aromatic rings. The van der Waals surface area contributed by atoms with Crippen molar-refractivity contribution in [1.29, 1.82) is 0 Å². The van der Waals surface area contributed by atoms with Crippen LogP contribution in [0.4, 0.5) is 0 Å². The molecule has 0 spiro atoms. The molecule has 1 aromatic heterocycles. The normalized spacial score (nSPS) is 17.3. The van der Waals surface area contributed by atoms with E-state index >= 15 is 0 Å². The maximum Gasteiger partial charge on any atom is 0.196 e. The molecule has 1 unspecified atom stereocenters. The van der Waals surface area contributed by atoms with Crippen LogP contribution < -0.4 is 0 Å². The Kier molecular flexibility index (Phi) is 5.67. The Hall–Kier alpha value is -2.83. The van der Waals surface area contributed by atoms with E-state index in [2.05, 4.69) is 91.1 Å². The molecule has 27 heavy (non-hydrogen) atoms. The molecule has 1 N–H and O–H groups in total. The number of hydrogen-bond acceptors (Lipinski definition) is 5. The lowest BCUT2D eigenvalue weighted by Crippen LogP contribution is -2.48. The molecule has 0 aliphatic carbocycles. The van der Waals surface area contributed by atoms with Crippen molar-refractivity contribution in [2.24, 2.45) is 0 Å². The van der Waals surface area contributed by atoms with Crippen LogP contribution in [0.1, 0.15) is 23.0 Å². The van der Waals surface area contributed by atoms with Crippen LogP contribution >= 0.6 is 0 Å². The van der Waals surface area contributed by atoms with Gasteiger partial charge in [-0.25, -0.2) is 0 Å². The maximum atomic E-state index is 4.26. The Bertz CT molecular complexity index is 824. The lowest BCUT2D eigenvalue weighted by Gasteiger charge is -2.38. The van der Waals surface area contributed by atoms with E-state index in [1.807, 2.05) is 12.1 Å². The monoisotopic (exact) mass is 360 g/mol. The Morgan fingerprint density at radius 1 is 0.926 bits per heavy atom. The van der Waals surface area contributed by atoms with Crippen molar-refractivity contribution in [3.05, 3.63) is 83.7 Å². The number of piperazine rings is 1. The molecule has 138 valence electrons. The van der Waals surface area contributed by atoms with E-state index in [1.165, 1.54) is 11.1 Å². The fourth-order valence-electron chi connectivity index (χ4n) is 3.55. The SMILES string of the molecule is C(=Cc1ccccc1)CN1CCN(C(c2ccccc2)c2nn[nH]n2)CC1. The summed E-state index contributed by atoms with van der Waals surface area (Å²) in [5, 5.41) is 14.9. The first kappa shape index (κ1) is 17.6. The third kappa shape index (κ3) is 4.48. The summed E-state index contributed by atoms with van der Waals surface area (Å²) in [4.78, 5) is 4.92. The predicted octanol–water partition coefficient (Wildman–Crippen LogP) is 2.62. The molecule has 1 aliphatic heterocycles. The standard InChI is InChI=1S/C21H24N6/c1-3-8-18(9-4-1)10-7-13-26-14-16-27(17-15-26)20(21-22-24-25-23-21)19-11-5-2-6-12-19/h1-12,20H,13-17H2,(H,22,23,24,25). The van der Waals surface area contributed by atoms with Gasteiger partial charge in [0.25, 0.3) is 0 Å². The minimum absolute atomic E-state index is 0.0481. The molecule has 2 aromatic carbocycles. The number of rotatable bonds is 6. The number of aromatic amines is 1. The summed E-state index contributed by atoms with van der Waals surface area (Å²) < 4.78 is 0. The first-order valence-corrected chi connectivity index (χ1v) is 9.36. The van der Waals surface area contributed by atoms with E-state index in [0.717, 1.165) is 38.5 Å². The van der Waals surface area contributed by atoms with Gasteiger partial charge in [0, 0.05) is 32.7 Å². The summed E-state index contributed by atoms with van der Waals surface area (Å²) in [6, 6.07) is 20.9. The summed E-state index contributed by atoms with van der Waals surface area (Å²) in [6.45, 7) is 4.99. The van der Waals surface area contributed by atoms with E-state index in [4.69, 9.17) is 0 Å². The van der Waals surface area contributed by atoms with Crippen molar-refractivity contribution >= 4 is 6.08 Å². The van der Waals surface area contributed by atoms with Gasteiger partial charge in [-0.3, -0.25) is 9.80 Å². The lowest BCUT2D eigenvalue weighted by atomic mass is 10.0. The first-order chi connectivity index (χ1) is 13.4. The molecule has 1 saturated heterocycles. The molecule has 0 saturated carbocycles. The zero-order valence-electron chi connectivity index (χ0n) is 15.3. The van der Waals surface area contributed by atoms with Crippen molar-refractivity contribution in [2.75, 3.05) is 32.7 Å². The molecule has 1 atom stereocenters. The van der Waals surface area contributed by atoms with E-state index in [1.54, 1.807) is 0 Å². The van der Waals surface area contributed by atoms with Crippen molar-refractivity contribution in [2.45, 2.75) is 6.04 Å². The molecular weight excluding hydrogens is 336 g/mol. The maximum absolute atomic E-state index is 4.26. The van der Waals surface area contributed by atoms with Gasteiger partial charge in [-0.2, -0.15) is 5.21 Å². The number of nitrogens with one attached hydrogen (secondary N) is 1. The summed E-state index contributed by atoms with van der Waals surface area (Å²) in [6.07, 6.45) is 4.44. The summed E-state index contributed by atoms with van der Waals surface area (Å²) >= 11 is 0. The first-order valence-electron chi connectivity index (χ1n) is 9.36. The summed E-state index contributed by atoms with van der Waals surface area (Å²) in [5.41, 5.74) is 2.45. The zero-order valence-corrected chi connectivity index (χ0v) is 15.3. The predicted molar refractivity (Wildman–Crippen MR) is 106 cm³/mol. The molecule has 2 heterocycles. The highest BCUT2D eigenvalue weighted by atomic mass is 15.5. The van der Waals surface area contributed by atoms with Crippen LogP contribution in [-0.2, 0) is 0 Å². The van der Waals surface area contributed by atoms with Gasteiger partial charge in [0.1, 0.15) is 0 Å². The average molecular weight is 360 g/mol. The zero-order chi connectivity index (χ0) is 18.3. The van der Waals surface area contributed by atoms with E-state index in [0.29, 0.717) is 0 Å². The second-order valence-electron chi connectivity index (χ2n) is 6.73. The number of H-pyrrole nitrogens is 1. The Labute approximate surface area is 159 Å². The largest absolute Gasteiger partial charge is 0.297 e. The van der Waals surface area contributed by atoms with Crippen LogP contribution in [0.15, 0.2) is 66.7 Å². The molecule has 4 rings (SSSR count). The number of hydrogen-bond donors (Lipinski definition) is 1. The van der Waals surface area contributed by atoms with Crippen LogP contribution in [0.3, 0.4) is 0 Å². The van der Waals surface area contributed by atoms with Crippen molar-refractivity contribution in [1.82, 2.24) is 30.4 Å². The molecule has 1 fully saturated rings. The minimum atomic E-state index is 0.0481. The Morgan fingerprint density at radius 3 is 2.30 bits per heavy atom. The lowest BCUT2D eigenvalue weighted by molar-refractivity contribution is 0.114. The quantitative estimate of drug-likeness (QED) is 0.732. The molecule has 1 aliphatic rings. The van der Waals surface area contributed by atoms with Gasteiger partial charge in [-0.05, 0) is 11.1 Å². The molecule has 6 nitrogen and oxygen atoms in total. The van der Waals surface area contributed by atoms with E-state index in [9.17, 15) is 0 Å². The number of nitrogens with zero attached hydrogens (tertiary/aromatic N) is 5. The minimum Gasteiger partial charge on any atom is -0.297 e. The Balaban J connectivity index is 1.38.